The molecule has 2 aromatic heterocycles. The number of nitrogens with zero attached hydrogens (tertiary/aromatic N) is 4. The number of aliphatic hydroxyl groups excluding tert-OH is 3. The molecule has 10 nitrogen and oxygen atoms in total. The van der Waals surface area contributed by atoms with Crippen molar-refractivity contribution < 1.29 is 20.1 Å². The van der Waals surface area contributed by atoms with E-state index in [-0.39, 0.29) is 18.4 Å². The maximum Gasteiger partial charge on any atom is 0.224 e. The number of thioether (sulfide) groups is 1. The van der Waals surface area contributed by atoms with E-state index in [9.17, 15) is 10.2 Å². The fraction of sp³-hybridized carbons (Fsp3) is 0.583. The van der Waals surface area contributed by atoms with Crippen LogP contribution in [0, 0.1) is 0 Å². The van der Waals surface area contributed by atoms with Crippen molar-refractivity contribution in [3.8, 4) is 0 Å². The first-order valence-corrected chi connectivity index (χ1v) is 8.14. The predicted molar refractivity (Wildman–Crippen MR) is 84.5 cm³/mol. The highest BCUT2D eigenvalue weighted by Gasteiger charge is 2.44. The van der Waals surface area contributed by atoms with E-state index < -0.39 is 24.5 Å². The number of anilines is 2. The van der Waals surface area contributed by atoms with E-state index in [1.165, 1.54) is 22.7 Å². The Labute approximate surface area is 135 Å². The number of rotatable bonds is 5. The number of hydrogen-bond donors (Lipinski definition) is 5. The molecule has 126 valence electrons. The van der Waals surface area contributed by atoms with Gasteiger partial charge in [-0.25, -0.2) is 4.98 Å². The summed E-state index contributed by atoms with van der Waals surface area (Å²) in [6.45, 7) is 0.0428. The number of nitrogens with two attached hydrogens (primary N) is 2. The second-order valence-corrected chi connectivity index (χ2v) is 6.29. The molecule has 23 heavy (non-hydrogen) atoms. The molecule has 11 heteroatoms. The Morgan fingerprint density at radius 3 is 2.78 bits per heavy atom. The first-order valence-electron chi connectivity index (χ1n) is 6.98. The van der Waals surface area contributed by atoms with Crippen LogP contribution >= 0.6 is 11.8 Å². The Balaban J connectivity index is 1.87. The van der Waals surface area contributed by atoms with Gasteiger partial charge in [-0.2, -0.15) is 21.7 Å². The standard InChI is InChI=1S/C12H18N6O4S/c13-9-6-10(17-12(14)16-9)18(4-15-6)11-8(21)7(20)5(22-11)3-23-2-1-19/h4-5,7-8,11,19-21H,1-3H2,(H4,13,14,16,17)/t5-,7-,8-,11-/m1/s1. The van der Waals surface area contributed by atoms with Crippen LogP contribution in [-0.2, 0) is 4.74 Å². The first-order chi connectivity index (χ1) is 11.0. The average molecular weight is 342 g/mol. The molecule has 1 aliphatic rings. The third kappa shape index (κ3) is 2.93. The quantitative estimate of drug-likeness (QED) is 0.397. The minimum atomic E-state index is -1.15. The lowest BCUT2D eigenvalue weighted by Gasteiger charge is -2.16. The summed E-state index contributed by atoms with van der Waals surface area (Å²) < 4.78 is 7.22. The highest BCUT2D eigenvalue weighted by atomic mass is 32.2. The molecular formula is C12H18N6O4S. The van der Waals surface area contributed by atoms with E-state index in [0.29, 0.717) is 22.7 Å². The summed E-state index contributed by atoms with van der Waals surface area (Å²) in [5, 5.41) is 29.2. The van der Waals surface area contributed by atoms with Crippen LogP contribution in [0.15, 0.2) is 6.33 Å². The van der Waals surface area contributed by atoms with Gasteiger partial charge < -0.3 is 31.5 Å². The minimum absolute atomic E-state index is 0.0140. The maximum atomic E-state index is 10.3. The van der Waals surface area contributed by atoms with Gasteiger partial charge in [0, 0.05) is 11.5 Å². The van der Waals surface area contributed by atoms with Gasteiger partial charge in [-0.1, -0.05) is 0 Å². The second kappa shape index (κ2) is 6.45. The maximum absolute atomic E-state index is 10.3. The molecule has 0 amide bonds. The fourth-order valence-electron chi connectivity index (χ4n) is 2.50. The molecule has 0 aliphatic carbocycles. The van der Waals surface area contributed by atoms with Crippen LogP contribution in [0.3, 0.4) is 0 Å². The molecule has 3 heterocycles. The van der Waals surface area contributed by atoms with Crippen molar-refractivity contribution in [2.45, 2.75) is 24.5 Å². The molecule has 4 atom stereocenters. The van der Waals surface area contributed by atoms with Crippen LogP contribution in [0.4, 0.5) is 11.8 Å². The van der Waals surface area contributed by atoms with E-state index in [0.717, 1.165) is 0 Å². The highest BCUT2D eigenvalue weighted by molar-refractivity contribution is 7.99. The largest absolute Gasteiger partial charge is 0.396 e. The third-order valence-electron chi connectivity index (χ3n) is 3.59. The van der Waals surface area contributed by atoms with Crippen LogP contribution < -0.4 is 11.5 Å². The number of fused-ring (bicyclic) bond motifs is 1. The zero-order valence-electron chi connectivity index (χ0n) is 12.1. The van der Waals surface area contributed by atoms with Gasteiger partial charge in [0.2, 0.25) is 5.95 Å². The average Bonchev–Trinajstić information content (AvgIpc) is 3.04. The lowest BCUT2D eigenvalue weighted by Crippen LogP contribution is -2.32. The normalized spacial score (nSPS) is 27.8. The molecule has 0 saturated carbocycles. The summed E-state index contributed by atoms with van der Waals surface area (Å²) in [7, 11) is 0. The van der Waals surface area contributed by atoms with Gasteiger partial charge in [0.15, 0.2) is 17.7 Å². The number of nitrogen functional groups attached to an aromatic ring is 2. The van der Waals surface area contributed by atoms with Crippen molar-refractivity contribution in [1.29, 1.82) is 0 Å². The molecule has 0 aromatic carbocycles. The van der Waals surface area contributed by atoms with E-state index >= 15 is 0 Å². The lowest BCUT2D eigenvalue weighted by molar-refractivity contribution is -0.0288. The van der Waals surface area contributed by atoms with Crippen LogP contribution in [0.1, 0.15) is 6.23 Å². The number of aromatic nitrogens is 4. The van der Waals surface area contributed by atoms with E-state index in [4.69, 9.17) is 21.3 Å². The molecule has 0 spiro atoms. The summed E-state index contributed by atoms with van der Waals surface area (Å²) in [4.78, 5) is 12.0. The van der Waals surface area contributed by atoms with Crippen molar-refractivity contribution in [2.24, 2.45) is 0 Å². The molecule has 2 aromatic rings. The Morgan fingerprint density at radius 2 is 2.04 bits per heavy atom. The van der Waals surface area contributed by atoms with Crippen molar-refractivity contribution in [2.75, 3.05) is 29.6 Å². The third-order valence-corrected chi connectivity index (χ3v) is 4.63. The molecule has 3 rings (SSSR count). The van der Waals surface area contributed by atoms with Gasteiger partial charge in [0.05, 0.1) is 19.0 Å². The molecule has 1 saturated heterocycles. The van der Waals surface area contributed by atoms with E-state index in [1.807, 2.05) is 0 Å². The molecule has 1 fully saturated rings. The van der Waals surface area contributed by atoms with Crippen LogP contribution in [-0.4, -0.2) is 71.3 Å². The predicted octanol–water partition coefficient (Wildman–Crippen LogP) is -1.66. The van der Waals surface area contributed by atoms with Gasteiger partial charge in [-0.05, 0) is 0 Å². The molecule has 0 unspecified atom stereocenters. The first kappa shape index (κ1) is 16.2. The SMILES string of the molecule is Nc1nc(N)c2ncn([C@@H]3O[C@H](CSCCO)[C@@H](O)[C@H]3O)c2n1. The summed E-state index contributed by atoms with van der Waals surface area (Å²) in [6.07, 6.45) is -2.22. The van der Waals surface area contributed by atoms with Crippen LogP contribution in [0.2, 0.25) is 0 Å². The Bertz CT molecular complexity index is 697. The second-order valence-electron chi connectivity index (χ2n) is 5.14. The van der Waals surface area contributed by atoms with Gasteiger partial charge in [-0.3, -0.25) is 4.57 Å². The zero-order valence-corrected chi connectivity index (χ0v) is 12.9. The van der Waals surface area contributed by atoms with Crippen LogP contribution in [0.25, 0.3) is 11.2 Å². The summed E-state index contributed by atoms with van der Waals surface area (Å²) in [5.41, 5.74) is 12.0. The van der Waals surface area contributed by atoms with E-state index in [2.05, 4.69) is 15.0 Å². The van der Waals surface area contributed by atoms with Gasteiger partial charge in [0.25, 0.3) is 0 Å². The van der Waals surface area contributed by atoms with Crippen molar-refractivity contribution in [3.63, 3.8) is 0 Å². The zero-order chi connectivity index (χ0) is 16.6. The molecular weight excluding hydrogens is 324 g/mol. The molecule has 1 aliphatic heterocycles. The van der Waals surface area contributed by atoms with Gasteiger partial charge in [-0.15, -0.1) is 0 Å². The molecule has 7 N–H and O–H groups in total. The van der Waals surface area contributed by atoms with Gasteiger partial charge >= 0.3 is 0 Å². The monoisotopic (exact) mass is 342 g/mol. The Morgan fingerprint density at radius 1 is 1.26 bits per heavy atom. The van der Waals surface area contributed by atoms with Crippen LogP contribution in [0.5, 0.6) is 0 Å². The Kier molecular flexibility index (Phi) is 4.55. The van der Waals surface area contributed by atoms with Crippen molar-refractivity contribution in [1.82, 2.24) is 19.5 Å². The fourth-order valence-corrected chi connectivity index (χ4v) is 3.31. The lowest BCUT2D eigenvalue weighted by atomic mass is 10.1. The van der Waals surface area contributed by atoms with Crippen molar-refractivity contribution >= 4 is 34.7 Å². The summed E-state index contributed by atoms with van der Waals surface area (Å²) in [5.74, 6) is 1.09. The van der Waals surface area contributed by atoms with E-state index in [1.54, 1.807) is 0 Å². The highest BCUT2D eigenvalue weighted by Crippen LogP contribution is 2.33. The number of ether oxygens (including phenoxy) is 1. The molecule has 0 bridgehead atoms. The number of imidazole rings is 1. The van der Waals surface area contributed by atoms with Crippen molar-refractivity contribution in [3.05, 3.63) is 6.33 Å². The summed E-state index contributed by atoms with van der Waals surface area (Å²) >= 11 is 1.43. The Hall–Kier alpha value is -1.66. The minimum Gasteiger partial charge on any atom is -0.396 e. The smallest absolute Gasteiger partial charge is 0.224 e. The topological polar surface area (TPSA) is 166 Å². The van der Waals surface area contributed by atoms with Gasteiger partial charge in [0.1, 0.15) is 17.7 Å². The number of aliphatic hydroxyl groups is 3. The molecule has 0 radical (unpaired) electrons. The summed E-state index contributed by atoms with van der Waals surface area (Å²) in [6, 6.07) is 0. The number of hydrogen-bond acceptors (Lipinski definition) is 10.